The first-order chi connectivity index (χ1) is 11.1. The molecule has 0 aromatic heterocycles. The molecule has 0 saturated carbocycles. The molecule has 0 atom stereocenters. The van der Waals surface area contributed by atoms with Gasteiger partial charge >= 0.3 is 0 Å². The van der Waals surface area contributed by atoms with Crippen molar-refractivity contribution in [3.05, 3.63) is 58.1 Å². The predicted molar refractivity (Wildman–Crippen MR) is 89.6 cm³/mol. The van der Waals surface area contributed by atoms with E-state index >= 15 is 0 Å². The van der Waals surface area contributed by atoms with E-state index in [1.165, 1.54) is 12.1 Å². The minimum atomic E-state index is -0.396. The average molecular weight is 378 g/mol. The highest BCUT2D eigenvalue weighted by atomic mass is 79.9. The molecule has 0 spiro atoms. The van der Waals surface area contributed by atoms with Gasteiger partial charge in [-0.3, -0.25) is 0 Å². The Morgan fingerprint density at radius 1 is 0.870 bits per heavy atom. The number of nitriles is 1. The Hall–Kier alpha value is -2.13. The minimum absolute atomic E-state index is 0.266. The molecule has 23 heavy (non-hydrogen) atoms. The van der Waals surface area contributed by atoms with Gasteiger partial charge in [-0.2, -0.15) is 5.26 Å². The van der Waals surface area contributed by atoms with Gasteiger partial charge in [0.05, 0.1) is 23.0 Å². The molecule has 0 bridgehead atoms. The van der Waals surface area contributed by atoms with Gasteiger partial charge in [0.15, 0.2) is 0 Å². The normalized spacial score (nSPS) is 14.7. The smallest absolute Gasteiger partial charge is 0.147 e. The first-order valence-electron chi connectivity index (χ1n) is 7.23. The van der Waals surface area contributed by atoms with Crippen LogP contribution in [-0.4, -0.2) is 26.2 Å². The maximum absolute atomic E-state index is 14.1. The highest BCUT2D eigenvalue weighted by molar-refractivity contribution is 9.10. The lowest BCUT2D eigenvalue weighted by Gasteiger charge is -2.37. The van der Waals surface area contributed by atoms with Gasteiger partial charge in [-0.1, -0.05) is 15.9 Å². The van der Waals surface area contributed by atoms with Gasteiger partial charge in [0, 0.05) is 30.7 Å². The summed E-state index contributed by atoms with van der Waals surface area (Å²) in [6, 6.07) is 11.4. The number of anilines is 2. The molecule has 2 aromatic carbocycles. The van der Waals surface area contributed by atoms with Crippen LogP contribution in [0.3, 0.4) is 0 Å². The maximum atomic E-state index is 14.1. The van der Waals surface area contributed by atoms with Crippen molar-refractivity contribution in [3.8, 4) is 6.07 Å². The van der Waals surface area contributed by atoms with Crippen molar-refractivity contribution in [1.29, 1.82) is 5.26 Å². The zero-order valence-corrected chi connectivity index (χ0v) is 13.9. The molecule has 0 amide bonds. The molecule has 3 nitrogen and oxygen atoms in total. The molecular formula is C17H14BrF2N3. The molecule has 1 aliphatic rings. The zero-order valence-electron chi connectivity index (χ0n) is 12.3. The number of nitrogens with zero attached hydrogens (tertiary/aromatic N) is 3. The standard InChI is InChI=1S/C17H14BrF2N3/c18-13-2-4-17(15(20)10-13)23-7-5-22(6-8-23)16-3-1-12(11-21)9-14(16)19/h1-4,9-10H,5-8H2. The van der Waals surface area contributed by atoms with E-state index in [1.54, 1.807) is 18.2 Å². The lowest BCUT2D eigenvalue weighted by molar-refractivity contribution is 0.582. The molecule has 1 fully saturated rings. The Morgan fingerprint density at radius 2 is 1.39 bits per heavy atom. The molecule has 2 aromatic rings. The van der Waals surface area contributed by atoms with Crippen molar-refractivity contribution in [2.24, 2.45) is 0 Å². The fourth-order valence-electron chi connectivity index (χ4n) is 2.76. The number of hydrogen-bond donors (Lipinski definition) is 0. The Balaban J connectivity index is 1.72. The van der Waals surface area contributed by atoms with Crippen LogP contribution in [0.25, 0.3) is 0 Å². The number of rotatable bonds is 2. The summed E-state index contributed by atoms with van der Waals surface area (Å²) in [6.45, 7) is 2.41. The monoisotopic (exact) mass is 377 g/mol. The van der Waals surface area contributed by atoms with Crippen molar-refractivity contribution < 1.29 is 8.78 Å². The highest BCUT2D eigenvalue weighted by Crippen LogP contribution is 2.26. The van der Waals surface area contributed by atoms with Gasteiger partial charge in [0.25, 0.3) is 0 Å². The molecular weight excluding hydrogens is 364 g/mol. The third kappa shape index (κ3) is 3.30. The molecule has 3 rings (SSSR count). The molecule has 1 heterocycles. The van der Waals surface area contributed by atoms with Crippen LogP contribution in [-0.2, 0) is 0 Å². The Bertz CT molecular complexity index is 765. The van der Waals surface area contributed by atoms with Crippen LogP contribution in [0.5, 0.6) is 0 Å². The summed E-state index contributed by atoms with van der Waals surface area (Å²) in [5.74, 6) is -0.662. The number of halogens is 3. The first-order valence-corrected chi connectivity index (χ1v) is 8.02. The quantitative estimate of drug-likeness (QED) is 0.794. The Morgan fingerprint density at radius 3 is 1.87 bits per heavy atom. The first kappa shape index (κ1) is 15.8. The third-order valence-electron chi connectivity index (χ3n) is 3.95. The molecule has 0 unspecified atom stereocenters. The summed E-state index contributed by atoms with van der Waals surface area (Å²) < 4.78 is 28.8. The van der Waals surface area contributed by atoms with Crippen molar-refractivity contribution in [2.75, 3.05) is 36.0 Å². The second-order valence-electron chi connectivity index (χ2n) is 5.35. The number of piperazine rings is 1. The molecule has 1 saturated heterocycles. The lowest BCUT2D eigenvalue weighted by Crippen LogP contribution is -2.47. The maximum Gasteiger partial charge on any atom is 0.147 e. The van der Waals surface area contributed by atoms with Gasteiger partial charge < -0.3 is 9.80 Å². The van der Waals surface area contributed by atoms with Crippen LogP contribution in [0.4, 0.5) is 20.2 Å². The molecule has 0 aliphatic carbocycles. The van der Waals surface area contributed by atoms with Gasteiger partial charge in [-0.15, -0.1) is 0 Å². The molecule has 6 heteroatoms. The molecule has 118 valence electrons. The van der Waals surface area contributed by atoms with Gasteiger partial charge in [0.2, 0.25) is 0 Å². The fraction of sp³-hybridized carbons (Fsp3) is 0.235. The van der Waals surface area contributed by atoms with E-state index in [0.29, 0.717) is 47.6 Å². The van der Waals surface area contributed by atoms with Crippen LogP contribution < -0.4 is 9.80 Å². The largest absolute Gasteiger partial charge is 0.366 e. The molecule has 0 N–H and O–H groups in total. The van der Waals surface area contributed by atoms with E-state index in [1.807, 2.05) is 21.9 Å². The van der Waals surface area contributed by atoms with Crippen molar-refractivity contribution in [2.45, 2.75) is 0 Å². The Kier molecular flexibility index (Phi) is 4.49. The average Bonchev–Trinajstić information content (AvgIpc) is 2.55. The minimum Gasteiger partial charge on any atom is -0.366 e. The molecule has 1 aliphatic heterocycles. The van der Waals surface area contributed by atoms with Gasteiger partial charge in [0.1, 0.15) is 11.6 Å². The summed E-state index contributed by atoms with van der Waals surface area (Å²) >= 11 is 3.25. The van der Waals surface area contributed by atoms with Crippen LogP contribution in [0.1, 0.15) is 5.56 Å². The van der Waals surface area contributed by atoms with Crippen LogP contribution >= 0.6 is 15.9 Å². The van der Waals surface area contributed by atoms with Crippen molar-refractivity contribution in [3.63, 3.8) is 0 Å². The van der Waals surface area contributed by atoms with Gasteiger partial charge in [-0.05, 0) is 36.4 Å². The highest BCUT2D eigenvalue weighted by Gasteiger charge is 2.21. The SMILES string of the molecule is N#Cc1ccc(N2CCN(c3ccc(Br)cc3F)CC2)c(F)c1. The van der Waals surface area contributed by atoms with Crippen molar-refractivity contribution >= 4 is 27.3 Å². The summed E-state index contributed by atoms with van der Waals surface area (Å²) in [5, 5.41) is 8.79. The van der Waals surface area contributed by atoms with E-state index in [4.69, 9.17) is 5.26 Å². The van der Waals surface area contributed by atoms with E-state index in [9.17, 15) is 8.78 Å². The Labute approximate surface area is 141 Å². The third-order valence-corrected chi connectivity index (χ3v) is 4.44. The second-order valence-corrected chi connectivity index (χ2v) is 6.26. The van der Waals surface area contributed by atoms with E-state index in [2.05, 4.69) is 15.9 Å². The van der Waals surface area contributed by atoms with E-state index in [-0.39, 0.29) is 5.82 Å². The van der Waals surface area contributed by atoms with Crippen LogP contribution in [0.15, 0.2) is 40.9 Å². The summed E-state index contributed by atoms with van der Waals surface area (Å²) in [7, 11) is 0. The number of hydrogen-bond acceptors (Lipinski definition) is 3. The lowest BCUT2D eigenvalue weighted by atomic mass is 10.1. The van der Waals surface area contributed by atoms with Crippen molar-refractivity contribution in [1.82, 2.24) is 0 Å². The van der Waals surface area contributed by atoms with Crippen LogP contribution in [0, 0.1) is 23.0 Å². The summed E-state index contributed by atoms with van der Waals surface area (Å²) in [5.41, 5.74) is 1.36. The fourth-order valence-corrected chi connectivity index (χ4v) is 3.09. The number of benzene rings is 2. The summed E-state index contributed by atoms with van der Waals surface area (Å²) in [6.07, 6.45) is 0. The van der Waals surface area contributed by atoms with E-state index < -0.39 is 5.82 Å². The predicted octanol–water partition coefficient (Wildman–Crippen LogP) is 3.93. The topological polar surface area (TPSA) is 30.3 Å². The summed E-state index contributed by atoms with van der Waals surface area (Å²) in [4.78, 5) is 3.88. The second kappa shape index (κ2) is 6.55. The molecule has 0 radical (unpaired) electrons. The van der Waals surface area contributed by atoms with Crippen LogP contribution in [0.2, 0.25) is 0 Å². The zero-order chi connectivity index (χ0) is 16.4. The van der Waals surface area contributed by atoms with Gasteiger partial charge in [-0.25, -0.2) is 8.78 Å². The van der Waals surface area contributed by atoms with E-state index in [0.717, 1.165) is 0 Å².